The van der Waals surface area contributed by atoms with E-state index in [0.29, 0.717) is 0 Å². The molecule has 3 heteroatoms. The number of nitrogens with one attached hydrogen (secondary N) is 1. The van der Waals surface area contributed by atoms with Gasteiger partial charge in [-0.3, -0.25) is 0 Å². The molecule has 2 rings (SSSR count). The van der Waals surface area contributed by atoms with Crippen LogP contribution in [-0.2, 0) is 0 Å². The van der Waals surface area contributed by atoms with Crippen molar-refractivity contribution in [1.29, 1.82) is 0 Å². The second-order valence-corrected chi connectivity index (χ2v) is 5.75. The summed E-state index contributed by atoms with van der Waals surface area (Å²) in [5.41, 5.74) is 2.85. The van der Waals surface area contributed by atoms with E-state index in [-0.39, 0.29) is 5.54 Å². The highest BCUT2D eigenvalue weighted by atomic mass is 15.3. The Morgan fingerprint density at radius 2 is 1.83 bits per heavy atom. The highest BCUT2D eigenvalue weighted by Crippen LogP contribution is 2.32. The van der Waals surface area contributed by atoms with Crippen LogP contribution in [0.1, 0.15) is 20.8 Å². The first-order valence-electron chi connectivity index (χ1n) is 6.83. The van der Waals surface area contributed by atoms with Gasteiger partial charge in [0.2, 0.25) is 0 Å². The molecule has 0 amide bonds. The monoisotopic (exact) mass is 247 g/mol. The molecule has 18 heavy (non-hydrogen) atoms. The zero-order valence-electron chi connectivity index (χ0n) is 12.0. The molecule has 0 saturated carbocycles. The third-order valence-corrected chi connectivity index (χ3v) is 3.58. The second kappa shape index (κ2) is 5.19. The van der Waals surface area contributed by atoms with Gasteiger partial charge in [0, 0.05) is 32.2 Å². The fourth-order valence-corrected chi connectivity index (χ4v) is 2.74. The smallest absolute Gasteiger partial charge is 0.0605 e. The van der Waals surface area contributed by atoms with Crippen LogP contribution >= 0.6 is 0 Å². The molecule has 0 aliphatic carbocycles. The van der Waals surface area contributed by atoms with E-state index in [4.69, 9.17) is 0 Å². The van der Waals surface area contributed by atoms with Gasteiger partial charge in [-0.25, -0.2) is 0 Å². The fourth-order valence-electron chi connectivity index (χ4n) is 2.74. The molecule has 1 aromatic carbocycles. The minimum Gasteiger partial charge on any atom is -0.371 e. The molecule has 0 fully saturated rings. The highest BCUT2D eigenvalue weighted by Gasteiger charge is 2.25. The summed E-state index contributed by atoms with van der Waals surface area (Å²) in [6.07, 6.45) is 0. The molecule has 1 aliphatic heterocycles. The number of rotatable bonds is 4. The van der Waals surface area contributed by atoms with Crippen molar-refractivity contribution in [2.75, 3.05) is 43.0 Å². The number of para-hydroxylation sites is 2. The maximum absolute atomic E-state index is 3.56. The van der Waals surface area contributed by atoms with Crippen LogP contribution in [-0.4, -0.2) is 38.8 Å². The Kier molecular flexibility index (Phi) is 3.81. The number of anilines is 2. The van der Waals surface area contributed by atoms with Gasteiger partial charge in [0.15, 0.2) is 0 Å². The van der Waals surface area contributed by atoms with Crippen molar-refractivity contribution < 1.29 is 0 Å². The normalized spacial score (nSPS) is 15.8. The van der Waals surface area contributed by atoms with Crippen LogP contribution < -0.4 is 15.1 Å². The summed E-state index contributed by atoms with van der Waals surface area (Å²) in [5, 5.41) is 3.56. The number of hydrogen-bond acceptors (Lipinski definition) is 3. The van der Waals surface area contributed by atoms with Crippen LogP contribution in [0.2, 0.25) is 0 Å². The van der Waals surface area contributed by atoms with Gasteiger partial charge in [0.05, 0.1) is 11.4 Å². The molecule has 0 aromatic heterocycles. The summed E-state index contributed by atoms with van der Waals surface area (Å²) >= 11 is 0. The molecule has 0 unspecified atom stereocenters. The molecular formula is C15H25N3. The number of nitrogens with zero attached hydrogens (tertiary/aromatic N) is 2. The summed E-state index contributed by atoms with van der Waals surface area (Å²) in [5.74, 6) is 0. The minimum atomic E-state index is 0.151. The topological polar surface area (TPSA) is 18.5 Å². The summed E-state index contributed by atoms with van der Waals surface area (Å²) in [6.45, 7) is 11.0. The van der Waals surface area contributed by atoms with E-state index in [1.807, 2.05) is 0 Å². The summed E-state index contributed by atoms with van der Waals surface area (Å²) in [6, 6.07) is 8.69. The zero-order valence-corrected chi connectivity index (χ0v) is 12.0. The van der Waals surface area contributed by atoms with E-state index < -0.39 is 0 Å². The van der Waals surface area contributed by atoms with Gasteiger partial charge < -0.3 is 15.1 Å². The van der Waals surface area contributed by atoms with Gasteiger partial charge in [0.1, 0.15) is 0 Å². The third-order valence-electron chi connectivity index (χ3n) is 3.58. The number of fused-ring (bicyclic) bond motifs is 1. The van der Waals surface area contributed by atoms with Crippen molar-refractivity contribution in [2.24, 2.45) is 0 Å². The zero-order chi connectivity index (χ0) is 13.2. The van der Waals surface area contributed by atoms with E-state index in [1.165, 1.54) is 11.4 Å². The molecule has 1 N–H and O–H groups in total. The molecule has 0 saturated heterocycles. The molecule has 0 spiro atoms. The average Bonchev–Trinajstić information content (AvgIpc) is 2.33. The second-order valence-electron chi connectivity index (χ2n) is 5.75. The Hall–Kier alpha value is -1.22. The van der Waals surface area contributed by atoms with Crippen molar-refractivity contribution in [1.82, 2.24) is 5.32 Å². The summed E-state index contributed by atoms with van der Waals surface area (Å²) in [7, 11) is 2.17. The predicted molar refractivity (Wildman–Crippen MR) is 79.7 cm³/mol. The highest BCUT2D eigenvalue weighted by molar-refractivity contribution is 5.73. The van der Waals surface area contributed by atoms with Crippen LogP contribution in [0.25, 0.3) is 0 Å². The minimum absolute atomic E-state index is 0.151. The Labute approximate surface area is 111 Å². The molecule has 0 bridgehead atoms. The lowest BCUT2D eigenvalue weighted by atomic mass is 10.0. The fraction of sp³-hybridized carbons (Fsp3) is 0.600. The van der Waals surface area contributed by atoms with Gasteiger partial charge >= 0.3 is 0 Å². The number of hydrogen-bond donors (Lipinski definition) is 1. The lowest BCUT2D eigenvalue weighted by Gasteiger charge is -2.41. The van der Waals surface area contributed by atoms with Crippen molar-refractivity contribution >= 4 is 11.4 Å². The average molecular weight is 247 g/mol. The van der Waals surface area contributed by atoms with Gasteiger partial charge in [-0.15, -0.1) is 0 Å². The summed E-state index contributed by atoms with van der Waals surface area (Å²) < 4.78 is 0. The third kappa shape index (κ3) is 2.78. The summed E-state index contributed by atoms with van der Waals surface area (Å²) in [4.78, 5) is 4.84. The maximum atomic E-state index is 3.56. The maximum Gasteiger partial charge on any atom is 0.0605 e. The van der Waals surface area contributed by atoms with Gasteiger partial charge in [-0.1, -0.05) is 19.1 Å². The molecule has 0 radical (unpaired) electrons. The number of likely N-dealkylation sites (N-methyl/N-ethyl adjacent to an activating group) is 2. The molecule has 0 atom stereocenters. The van der Waals surface area contributed by atoms with E-state index in [2.05, 4.69) is 67.2 Å². The van der Waals surface area contributed by atoms with Crippen molar-refractivity contribution in [3.8, 4) is 0 Å². The van der Waals surface area contributed by atoms with Gasteiger partial charge in [0.25, 0.3) is 0 Å². The van der Waals surface area contributed by atoms with E-state index in [9.17, 15) is 0 Å². The van der Waals surface area contributed by atoms with Crippen molar-refractivity contribution in [3.05, 3.63) is 24.3 Å². The van der Waals surface area contributed by atoms with Crippen LogP contribution in [0.3, 0.4) is 0 Å². The first-order valence-corrected chi connectivity index (χ1v) is 6.83. The van der Waals surface area contributed by atoms with Crippen LogP contribution in [0, 0.1) is 0 Å². The number of benzene rings is 1. The Morgan fingerprint density at radius 3 is 2.50 bits per heavy atom. The van der Waals surface area contributed by atoms with E-state index in [1.54, 1.807) is 0 Å². The van der Waals surface area contributed by atoms with Crippen molar-refractivity contribution in [2.45, 2.75) is 26.3 Å². The first kappa shape index (κ1) is 13.2. The van der Waals surface area contributed by atoms with Crippen LogP contribution in [0.5, 0.6) is 0 Å². The van der Waals surface area contributed by atoms with E-state index >= 15 is 0 Å². The lowest BCUT2D eigenvalue weighted by Crippen LogP contribution is -2.52. The Bertz CT molecular complexity index is 400. The molecule has 1 aliphatic rings. The predicted octanol–water partition coefficient (Wildman–Crippen LogP) is 2.33. The standard InChI is InChI=1S/C15H25N3/c1-5-16-15(2,3)12-18-11-10-17(4)13-8-6-7-9-14(13)18/h6-9,16H,5,10-12H2,1-4H3. The largest absolute Gasteiger partial charge is 0.371 e. The van der Waals surface area contributed by atoms with Crippen LogP contribution in [0.15, 0.2) is 24.3 Å². The quantitative estimate of drug-likeness (QED) is 0.881. The lowest BCUT2D eigenvalue weighted by molar-refractivity contribution is 0.396. The molecule has 1 heterocycles. The Balaban J connectivity index is 2.19. The van der Waals surface area contributed by atoms with Crippen molar-refractivity contribution in [3.63, 3.8) is 0 Å². The Morgan fingerprint density at radius 1 is 1.17 bits per heavy atom. The molecule has 3 nitrogen and oxygen atoms in total. The van der Waals surface area contributed by atoms with Gasteiger partial charge in [-0.2, -0.15) is 0 Å². The van der Waals surface area contributed by atoms with Crippen LogP contribution in [0.4, 0.5) is 11.4 Å². The first-order chi connectivity index (χ1) is 8.53. The molecule has 1 aromatic rings. The molecule has 100 valence electrons. The molecular weight excluding hydrogens is 222 g/mol. The van der Waals surface area contributed by atoms with Gasteiger partial charge in [-0.05, 0) is 32.5 Å². The van der Waals surface area contributed by atoms with E-state index in [0.717, 1.165) is 26.2 Å². The SMILES string of the molecule is CCNC(C)(C)CN1CCN(C)c2ccccc21.